The van der Waals surface area contributed by atoms with Gasteiger partial charge in [-0.15, -0.1) is 0 Å². The first-order valence-corrected chi connectivity index (χ1v) is 10.2. The van der Waals surface area contributed by atoms with Crippen LogP contribution in [0.1, 0.15) is 79.1 Å². The second-order valence-electron chi connectivity index (χ2n) is 6.07. The molecule has 6 nitrogen and oxygen atoms in total. The van der Waals surface area contributed by atoms with Gasteiger partial charge in [0.2, 0.25) is 0 Å². The third kappa shape index (κ3) is 20.1. The standard InChI is InChI=1S/C8H10N2O2.C8H16O.C6H12O/c1-9-10-8(11)12-7-5-3-2-4-6-7;1-3-5-6-7-8(9)4-2;1-3-5-6(7)4-2/h2-6,9H,1H3,(H,10,11);3-7H2,1-2H3;3-5H2,1-2H3. The van der Waals surface area contributed by atoms with E-state index in [0.717, 1.165) is 25.7 Å². The molecule has 0 aliphatic heterocycles. The molecule has 0 aliphatic rings. The Morgan fingerprint density at radius 1 is 0.821 bits per heavy atom. The smallest absolute Gasteiger partial charge is 0.409 e. The van der Waals surface area contributed by atoms with Crippen molar-refractivity contribution < 1.29 is 19.1 Å². The van der Waals surface area contributed by atoms with Crippen LogP contribution in [0.15, 0.2) is 30.3 Å². The van der Waals surface area contributed by atoms with Crippen molar-refractivity contribution in [3.05, 3.63) is 30.3 Å². The molecule has 2 N–H and O–H groups in total. The number of ether oxygens (including phenoxy) is 1. The van der Waals surface area contributed by atoms with Crippen LogP contribution in [0.2, 0.25) is 0 Å². The number of unbranched alkanes of at least 4 members (excludes halogenated alkanes) is 2. The number of hydrogen-bond donors (Lipinski definition) is 2. The maximum absolute atomic E-state index is 10.8. The van der Waals surface area contributed by atoms with Gasteiger partial charge in [-0.25, -0.2) is 10.2 Å². The van der Waals surface area contributed by atoms with Gasteiger partial charge < -0.3 is 4.74 Å². The molecule has 0 spiro atoms. The molecule has 6 heteroatoms. The number of hydrogen-bond acceptors (Lipinski definition) is 5. The molecule has 0 heterocycles. The molecule has 0 aliphatic carbocycles. The first-order chi connectivity index (χ1) is 13.4. The van der Waals surface area contributed by atoms with Crippen LogP contribution in [0.25, 0.3) is 0 Å². The molecular weight excluding hydrogens is 356 g/mol. The van der Waals surface area contributed by atoms with E-state index in [0.29, 0.717) is 30.2 Å². The van der Waals surface area contributed by atoms with E-state index in [9.17, 15) is 14.4 Å². The molecule has 0 saturated heterocycles. The molecule has 1 aromatic rings. The van der Waals surface area contributed by atoms with Gasteiger partial charge in [0.15, 0.2) is 0 Å². The zero-order valence-electron chi connectivity index (χ0n) is 18.2. The van der Waals surface area contributed by atoms with E-state index in [1.807, 2.05) is 26.8 Å². The highest BCUT2D eigenvalue weighted by atomic mass is 16.6. The Balaban J connectivity index is 0. The van der Waals surface area contributed by atoms with Crippen molar-refractivity contribution in [2.45, 2.75) is 79.1 Å². The molecule has 1 amide bonds. The largest absolute Gasteiger partial charge is 0.427 e. The number of carbonyl (C=O) groups excluding carboxylic acids is 3. The Morgan fingerprint density at radius 2 is 1.39 bits per heavy atom. The topological polar surface area (TPSA) is 84.5 Å². The summed E-state index contributed by atoms with van der Waals surface area (Å²) >= 11 is 0. The van der Waals surface area contributed by atoms with Gasteiger partial charge >= 0.3 is 6.09 Å². The van der Waals surface area contributed by atoms with Gasteiger partial charge in [-0.2, -0.15) is 0 Å². The normalized spacial score (nSPS) is 9.18. The van der Waals surface area contributed by atoms with E-state index in [-0.39, 0.29) is 0 Å². The van der Waals surface area contributed by atoms with Gasteiger partial charge in [-0.3, -0.25) is 15.0 Å². The number of hydrazine groups is 1. The number of Topliss-reactive ketones (excluding diaryl/α,β-unsaturated/α-hetero) is 2. The van der Waals surface area contributed by atoms with Crippen molar-refractivity contribution in [2.75, 3.05) is 7.05 Å². The number of rotatable bonds is 10. The Kier molecular flexibility index (Phi) is 21.1. The summed E-state index contributed by atoms with van der Waals surface area (Å²) in [7, 11) is 1.59. The lowest BCUT2D eigenvalue weighted by Crippen LogP contribution is -2.36. The van der Waals surface area contributed by atoms with Crippen LogP contribution in [-0.2, 0) is 9.59 Å². The van der Waals surface area contributed by atoms with Crippen LogP contribution >= 0.6 is 0 Å². The van der Waals surface area contributed by atoms with Crippen LogP contribution in [0, 0.1) is 0 Å². The molecule has 1 rings (SSSR count). The molecule has 1 aromatic carbocycles. The van der Waals surface area contributed by atoms with Crippen molar-refractivity contribution in [3.8, 4) is 5.75 Å². The molecule has 160 valence electrons. The number of para-hydroxylation sites is 1. The number of carbonyl (C=O) groups is 3. The van der Waals surface area contributed by atoms with Crippen molar-refractivity contribution >= 4 is 17.7 Å². The van der Waals surface area contributed by atoms with Gasteiger partial charge in [0.25, 0.3) is 0 Å². The van der Waals surface area contributed by atoms with Gasteiger partial charge in [0.05, 0.1) is 0 Å². The number of nitrogens with one attached hydrogen (secondary N) is 2. The zero-order chi connectivity index (χ0) is 21.6. The van der Waals surface area contributed by atoms with Crippen LogP contribution in [0.5, 0.6) is 5.75 Å². The van der Waals surface area contributed by atoms with E-state index in [1.165, 1.54) is 12.8 Å². The van der Waals surface area contributed by atoms with Crippen LogP contribution < -0.4 is 15.6 Å². The highest BCUT2D eigenvalue weighted by molar-refractivity contribution is 5.78. The molecule has 0 bridgehead atoms. The second kappa shape index (κ2) is 21.1. The number of amides is 1. The summed E-state index contributed by atoms with van der Waals surface area (Å²) < 4.78 is 4.84. The third-order valence-electron chi connectivity index (χ3n) is 3.56. The fourth-order valence-electron chi connectivity index (χ4n) is 1.93. The number of ketones is 2. The van der Waals surface area contributed by atoms with E-state index in [1.54, 1.807) is 31.3 Å². The van der Waals surface area contributed by atoms with Gasteiger partial charge in [0, 0.05) is 32.7 Å². The molecule has 0 atom stereocenters. The predicted molar refractivity (Wildman–Crippen MR) is 114 cm³/mol. The first-order valence-electron chi connectivity index (χ1n) is 10.2. The second-order valence-corrected chi connectivity index (χ2v) is 6.07. The fourth-order valence-corrected chi connectivity index (χ4v) is 1.93. The summed E-state index contributed by atoms with van der Waals surface area (Å²) in [6, 6.07) is 8.84. The Hall–Kier alpha value is -2.21. The monoisotopic (exact) mass is 394 g/mol. The molecule has 0 unspecified atom stereocenters. The maximum Gasteiger partial charge on any atom is 0.427 e. The Labute approximate surface area is 170 Å². The third-order valence-corrected chi connectivity index (χ3v) is 3.56. The number of benzene rings is 1. The van der Waals surface area contributed by atoms with E-state index < -0.39 is 6.09 Å². The molecule has 28 heavy (non-hydrogen) atoms. The molecular formula is C22H38N2O4. The summed E-state index contributed by atoms with van der Waals surface area (Å²) in [6.45, 7) is 8.00. The molecule has 0 fully saturated rings. The average Bonchev–Trinajstić information content (AvgIpc) is 2.70. The van der Waals surface area contributed by atoms with Crippen LogP contribution in [0.3, 0.4) is 0 Å². The predicted octanol–water partition coefficient (Wildman–Crippen LogP) is 5.22. The average molecular weight is 395 g/mol. The van der Waals surface area contributed by atoms with Crippen LogP contribution in [0.4, 0.5) is 4.79 Å². The lowest BCUT2D eigenvalue weighted by molar-refractivity contribution is -0.119. The van der Waals surface area contributed by atoms with Crippen molar-refractivity contribution in [3.63, 3.8) is 0 Å². The van der Waals surface area contributed by atoms with Crippen LogP contribution in [-0.4, -0.2) is 24.7 Å². The maximum atomic E-state index is 10.8. The van der Waals surface area contributed by atoms with Gasteiger partial charge in [0.1, 0.15) is 17.3 Å². The summed E-state index contributed by atoms with van der Waals surface area (Å²) in [6.07, 6.45) is 6.93. The van der Waals surface area contributed by atoms with Gasteiger partial charge in [-0.1, -0.05) is 58.7 Å². The lowest BCUT2D eigenvalue weighted by atomic mass is 10.1. The SMILES string of the molecule is CCCC(=O)CC.CCCCCC(=O)CC.CNNC(=O)Oc1ccccc1. The van der Waals surface area contributed by atoms with Crippen molar-refractivity contribution in [2.24, 2.45) is 0 Å². The minimum absolute atomic E-state index is 0.377. The minimum atomic E-state index is -0.524. The summed E-state index contributed by atoms with van der Waals surface area (Å²) in [5, 5.41) is 0. The van der Waals surface area contributed by atoms with E-state index >= 15 is 0 Å². The molecule has 0 aromatic heterocycles. The summed E-state index contributed by atoms with van der Waals surface area (Å²) in [4.78, 5) is 31.9. The first kappa shape index (κ1) is 28.0. The van der Waals surface area contributed by atoms with E-state index in [2.05, 4.69) is 17.8 Å². The van der Waals surface area contributed by atoms with Crippen molar-refractivity contribution in [1.29, 1.82) is 0 Å². The zero-order valence-corrected chi connectivity index (χ0v) is 18.2. The Morgan fingerprint density at radius 3 is 1.82 bits per heavy atom. The molecule has 0 radical (unpaired) electrons. The molecule has 0 saturated carbocycles. The lowest BCUT2D eigenvalue weighted by Gasteiger charge is -2.03. The summed E-state index contributed by atoms with van der Waals surface area (Å²) in [5.74, 6) is 1.30. The highest BCUT2D eigenvalue weighted by Gasteiger charge is 1.99. The Bertz CT molecular complexity index is 519. The quantitative estimate of drug-likeness (QED) is 0.420. The minimum Gasteiger partial charge on any atom is -0.409 e. The fraction of sp³-hybridized carbons (Fsp3) is 0.591. The van der Waals surface area contributed by atoms with Gasteiger partial charge in [-0.05, 0) is 25.0 Å². The van der Waals surface area contributed by atoms with E-state index in [4.69, 9.17) is 4.74 Å². The summed E-state index contributed by atoms with van der Waals surface area (Å²) in [5.41, 5.74) is 4.75. The highest BCUT2D eigenvalue weighted by Crippen LogP contribution is 2.07. The van der Waals surface area contributed by atoms with Crippen molar-refractivity contribution in [1.82, 2.24) is 10.9 Å².